The van der Waals surface area contributed by atoms with E-state index in [1.54, 1.807) is 7.11 Å². The molecule has 0 saturated heterocycles. The van der Waals surface area contributed by atoms with Crippen molar-refractivity contribution in [2.75, 3.05) is 19.4 Å². The quantitative estimate of drug-likeness (QED) is 0.861. The summed E-state index contributed by atoms with van der Waals surface area (Å²) in [5.41, 5.74) is 0.462. The number of rotatable bonds is 6. The molecule has 0 spiro atoms. The topological polar surface area (TPSA) is 79.2 Å². The molecule has 5 nitrogen and oxygen atoms in total. The van der Waals surface area contributed by atoms with Crippen molar-refractivity contribution < 1.29 is 13.2 Å². The lowest BCUT2D eigenvalue weighted by molar-refractivity contribution is 0.107. The first-order valence-corrected chi connectivity index (χ1v) is 8.69. The Morgan fingerprint density at radius 2 is 2.05 bits per heavy atom. The molecule has 0 radical (unpaired) electrons. The van der Waals surface area contributed by atoms with E-state index in [1.807, 2.05) is 6.07 Å². The SMILES string of the molecule is COC1CCC(NCCS(=O)(=O)c2ccc(C#N)cc2)C1. The summed E-state index contributed by atoms with van der Waals surface area (Å²) in [5, 5.41) is 12.0. The Bertz CT molecular complexity index is 605. The van der Waals surface area contributed by atoms with Gasteiger partial charge in [-0.05, 0) is 43.5 Å². The van der Waals surface area contributed by atoms with E-state index in [2.05, 4.69) is 5.32 Å². The van der Waals surface area contributed by atoms with Crippen LogP contribution in [0.5, 0.6) is 0 Å². The van der Waals surface area contributed by atoms with E-state index in [4.69, 9.17) is 10.00 Å². The molecule has 2 rings (SSSR count). The summed E-state index contributed by atoms with van der Waals surface area (Å²) in [7, 11) is -1.59. The van der Waals surface area contributed by atoms with Gasteiger partial charge < -0.3 is 10.1 Å². The molecule has 6 heteroatoms. The Morgan fingerprint density at radius 1 is 1.33 bits per heavy atom. The zero-order chi connectivity index (χ0) is 15.3. The molecule has 2 atom stereocenters. The van der Waals surface area contributed by atoms with E-state index < -0.39 is 9.84 Å². The lowest BCUT2D eigenvalue weighted by Crippen LogP contribution is -2.31. The molecule has 114 valence electrons. The Balaban J connectivity index is 1.85. The van der Waals surface area contributed by atoms with Crippen molar-refractivity contribution in [2.24, 2.45) is 0 Å². The number of nitriles is 1. The molecule has 1 aliphatic rings. The van der Waals surface area contributed by atoms with Crippen molar-refractivity contribution in [3.05, 3.63) is 29.8 Å². The number of benzene rings is 1. The molecule has 0 amide bonds. The summed E-state index contributed by atoms with van der Waals surface area (Å²) < 4.78 is 29.7. The third-order valence-corrected chi connectivity index (χ3v) is 5.60. The second kappa shape index (κ2) is 7.03. The molecule has 0 heterocycles. The fraction of sp³-hybridized carbons (Fsp3) is 0.533. The van der Waals surface area contributed by atoms with Crippen LogP contribution in [0.3, 0.4) is 0 Å². The molecule has 0 aromatic heterocycles. The van der Waals surface area contributed by atoms with Crippen LogP contribution in [0.4, 0.5) is 0 Å². The first-order chi connectivity index (χ1) is 10.0. The summed E-state index contributed by atoms with van der Waals surface area (Å²) in [6, 6.07) is 8.35. The third kappa shape index (κ3) is 4.27. The minimum atomic E-state index is -3.30. The molecule has 1 aliphatic carbocycles. The molecular weight excluding hydrogens is 288 g/mol. The summed E-state index contributed by atoms with van der Waals surface area (Å²) in [5.74, 6) is 0.0625. The highest BCUT2D eigenvalue weighted by atomic mass is 32.2. The van der Waals surface area contributed by atoms with Crippen LogP contribution in [-0.4, -0.2) is 40.0 Å². The van der Waals surface area contributed by atoms with Gasteiger partial charge in [0.25, 0.3) is 0 Å². The van der Waals surface area contributed by atoms with Gasteiger partial charge in [-0.2, -0.15) is 5.26 Å². The van der Waals surface area contributed by atoms with Crippen LogP contribution in [0.2, 0.25) is 0 Å². The number of nitrogens with one attached hydrogen (secondary N) is 1. The Kier molecular flexibility index (Phi) is 5.34. The van der Waals surface area contributed by atoms with E-state index in [1.165, 1.54) is 24.3 Å². The standard InChI is InChI=1S/C15H20N2O3S/c1-20-14-5-4-13(10-14)17-8-9-21(18,19)15-6-2-12(11-16)3-7-15/h2-3,6-7,13-14,17H,4-5,8-10H2,1H3. The lowest BCUT2D eigenvalue weighted by atomic mass is 10.2. The zero-order valence-electron chi connectivity index (χ0n) is 12.1. The van der Waals surface area contributed by atoms with Crippen molar-refractivity contribution in [2.45, 2.75) is 36.3 Å². The van der Waals surface area contributed by atoms with Gasteiger partial charge in [-0.25, -0.2) is 8.42 Å². The van der Waals surface area contributed by atoms with Crippen LogP contribution in [0.15, 0.2) is 29.2 Å². The highest BCUT2D eigenvalue weighted by molar-refractivity contribution is 7.91. The monoisotopic (exact) mass is 308 g/mol. The van der Waals surface area contributed by atoms with Crippen LogP contribution < -0.4 is 5.32 Å². The second-order valence-electron chi connectivity index (χ2n) is 5.28. The number of nitrogens with zero attached hydrogens (tertiary/aromatic N) is 1. The minimum absolute atomic E-state index is 0.0625. The van der Waals surface area contributed by atoms with Gasteiger partial charge in [0.15, 0.2) is 9.84 Å². The molecule has 2 unspecified atom stereocenters. The summed E-state index contributed by atoms with van der Waals surface area (Å²) in [4.78, 5) is 0.268. The van der Waals surface area contributed by atoms with Gasteiger partial charge >= 0.3 is 0 Å². The smallest absolute Gasteiger partial charge is 0.179 e. The van der Waals surface area contributed by atoms with Crippen LogP contribution in [-0.2, 0) is 14.6 Å². The van der Waals surface area contributed by atoms with Crippen molar-refractivity contribution in [1.82, 2.24) is 5.32 Å². The van der Waals surface area contributed by atoms with Gasteiger partial charge in [-0.15, -0.1) is 0 Å². The van der Waals surface area contributed by atoms with Gasteiger partial charge in [0.05, 0.1) is 28.4 Å². The van der Waals surface area contributed by atoms with Gasteiger partial charge in [0.2, 0.25) is 0 Å². The normalized spacial score (nSPS) is 22.1. The number of sulfone groups is 1. The van der Waals surface area contributed by atoms with E-state index in [9.17, 15) is 8.42 Å². The third-order valence-electron chi connectivity index (χ3n) is 3.86. The highest BCUT2D eigenvalue weighted by Gasteiger charge is 2.24. The summed E-state index contributed by atoms with van der Waals surface area (Å²) >= 11 is 0. The van der Waals surface area contributed by atoms with Gasteiger partial charge in [0, 0.05) is 19.7 Å². The second-order valence-corrected chi connectivity index (χ2v) is 7.39. The van der Waals surface area contributed by atoms with Crippen molar-refractivity contribution >= 4 is 9.84 Å². The van der Waals surface area contributed by atoms with Gasteiger partial charge in [0.1, 0.15) is 0 Å². The van der Waals surface area contributed by atoms with Crippen LogP contribution in [0, 0.1) is 11.3 Å². The summed E-state index contributed by atoms with van der Waals surface area (Å²) in [6.45, 7) is 0.434. The van der Waals surface area contributed by atoms with Crippen molar-refractivity contribution in [1.29, 1.82) is 5.26 Å². The number of hydrogen-bond donors (Lipinski definition) is 1. The molecule has 0 aliphatic heterocycles. The number of ether oxygens (including phenoxy) is 1. The van der Waals surface area contributed by atoms with Gasteiger partial charge in [-0.3, -0.25) is 0 Å². The van der Waals surface area contributed by atoms with Crippen LogP contribution >= 0.6 is 0 Å². The van der Waals surface area contributed by atoms with Crippen molar-refractivity contribution in [3.8, 4) is 6.07 Å². The maximum Gasteiger partial charge on any atom is 0.179 e. The highest BCUT2D eigenvalue weighted by Crippen LogP contribution is 2.21. The Labute approximate surface area is 125 Å². The molecule has 0 bridgehead atoms. The molecule has 1 aromatic carbocycles. The maximum absolute atomic E-state index is 12.2. The van der Waals surface area contributed by atoms with Crippen LogP contribution in [0.1, 0.15) is 24.8 Å². The van der Waals surface area contributed by atoms with Crippen molar-refractivity contribution in [3.63, 3.8) is 0 Å². The predicted molar refractivity (Wildman–Crippen MR) is 79.6 cm³/mol. The zero-order valence-corrected chi connectivity index (χ0v) is 12.9. The van der Waals surface area contributed by atoms with E-state index in [0.717, 1.165) is 19.3 Å². The number of methoxy groups -OCH3 is 1. The Hall–Kier alpha value is -1.42. The first kappa shape index (κ1) is 16.0. The molecule has 1 aromatic rings. The maximum atomic E-state index is 12.2. The molecule has 1 fully saturated rings. The van der Waals surface area contributed by atoms with E-state index in [0.29, 0.717) is 18.2 Å². The average Bonchev–Trinajstić information content (AvgIpc) is 2.95. The molecule has 21 heavy (non-hydrogen) atoms. The largest absolute Gasteiger partial charge is 0.381 e. The summed E-state index contributed by atoms with van der Waals surface area (Å²) in [6.07, 6.45) is 3.27. The minimum Gasteiger partial charge on any atom is -0.381 e. The molecule has 1 saturated carbocycles. The predicted octanol–water partition coefficient (Wildman–Crippen LogP) is 1.49. The van der Waals surface area contributed by atoms with Crippen LogP contribution in [0.25, 0.3) is 0 Å². The fourth-order valence-corrected chi connectivity index (χ4v) is 3.76. The average molecular weight is 308 g/mol. The first-order valence-electron chi connectivity index (χ1n) is 7.04. The molecule has 1 N–H and O–H groups in total. The molecular formula is C15H20N2O3S. The lowest BCUT2D eigenvalue weighted by Gasteiger charge is -2.13. The Morgan fingerprint density at radius 3 is 2.62 bits per heavy atom. The van der Waals surface area contributed by atoms with E-state index >= 15 is 0 Å². The number of hydrogen-bond acceptors (Lipinski definition) is 5. The van der Waals surface area contributed by atoms with E-state index in [-0.39, 0.29) is 16.8 Å². The van der Waals surface area contributed by atoms with Gasteiger partial charge in [-0.1, -0.05) is 0 Å². The fourth-order valence-electron chi connectivity index (χ4n) is 2.59.